The molecule has 0 saturated heterocycles. The van der Waals surface area contributed by atoms with Gasteiger partial charge in [0.2, 0.25) is 0 Å². The molecular formula is C76H98N2O8. The maximum Gasteiger partial charge on any atom is 0.343 e. The molecule has 6 aromatic carbocycles. The van der Waals surface area contributed by atoms with Gasteiger partial charge in [-0.15, -0.1) is 23.4 Å². The fourth-order valence-corrected chi connectivity index (χ4v) is 10.2. The molecule has 6 rings (SSSR count). The number of benzene rings is 6. The Morgan fingerprint density at radius 3 is 1.06 bits per heavy atom. The van der Waals surface area contributed by atoms with Crippen molar-refractivity contribution in [3.63, 3.8) is 0 Å². The van der Waals surface area contributed by atoms with Crippen molar-refractivity contribution in [2.75, 3.05) is 13.2 Å². The van der Waals surface area contributed by atoms with Crippen LogP contribution < -0.4 is 28.4 Å². The maximum atomic E-state index is 14.0. The lowest BCUT2D eigenvalue weighted by atomic mass is 10.0. The van der Waals surface area contributed by atoms with Crippen molar-refractivity contribution >= 4 is 23.3 Å². The van der Waals surface area contributed by atoms with Crippen molar-refractivity contribution < 1.29 is 38.0 Å². The Morgan fingerprint density at radius 1 is 0.395 bits per heavy atom. The molecule has 86 heavy (non-hydrogen) atoms. The zero-order chi connectivity index (χ0) is 60.8. The quantitative estimate of drug-likeness (QED) is 0.0122. The highest BCUT2D eigenvalue weighted by Crippen LogP contribution is 2.39. The highest BCUT2D eigenvalue weighted by atomic mass is 16.5. The number of hydrogen-bond donors (Lipinski definition) is 0. The van der Waals surface area contributed by atoms with Crippen LogP contribution >= 0.6 is 0 Å². The van der Waals surface area contributed by atoms with Gasteiger partial charge in [0.1, 0.15) is 34.4 Å². The summed E-state index contributed by atoms with van der Waals surface area (Å²) in [6.45, 7) is 17.5. The lowest BCUT2D eigenvalue weighted by Crippen LogP contribution is -2.12. The molecule has 0 N–H and O–H groups in total. The van der Waals surface area contributed by atoms with Crippen LogP contribution in [-0.4, -0.2) is 37.4 Å². The molecule has 0 heterocycles. The van der Waals surface area contributed by atoms with Crippen LogP contribution in [0, 0.1) is 0 Å². The van der Waals surface area contributed by atoms with E-state index in [4.69, 9.17) is 38.6 Å². The zero-order valence-electron chi connectivity index (χ0n) is 52.4. The molecule has 6 aromatic rings. The van der Waals surface area contributed by atoms with Crippen LogP contribution in [0.3, 0.4) is 0 Å². The van der Waals surface area contributed by atoms with Gasteiger partial charge in [-0.25, -0.2) is 9.59 Å². The Labute approximate surface area is 515 Å². The minimum Gasteiger partial charge on any atom is -0.494 e. The summed E-state index contributed by atoms with van der Waals surface area (Å²) in [7, 11) is 0. The Balaban J connectivity index is 1.14. The summed E-state index contributed by atoms with van der Waals surface area (Å²) in [4.78, 5) is 27.9. The summed E-state index contributed by atoms with van der Waals surface area (Å²) < 4.78 is 37.1. The van der Waals surface area contributed by atoms with Gasteiger partial charge in [0.15, 0.2) is 11.5 Å². The van der Waals surface area contributed by atoms with Crippen molar-refractivity contribution in [2.45, 2.75) is 207 Å². The molecule has 0 bridgehead atoms. The van der Waals surface area contributed by atoms with E-state index in [9.17, 15) is 9.59 Å². The van der Waals surface area contributed by atoms with E-state index in [1.807, 2.05) is 84.9 Å². The van der Waals surface area contributed by atoms with Crippen LogP contribution in [0.1, 0.15) is 215 Å². The smallest absolute Gasteiger partial charge is 0.343 e. The number of carbonyl (C=O) groups is 2. The molecule has 0 aliphatic carbocycles. The molecule has 0 aliphatic rings. The van der Waals surface area contributed by atoms with Crippen molar-refractivity contribution in [1.29, 1.82) is 0 Å². The van der Waals surface area contributed by atoms with Gasteiger partial charge in [0.25, 0.3) is 0 Å². The van der Waals surface area contributed by atoms with Crippen LogP contribution in [0.25, 0.3) is 22.3 Å². The molecule has 0 saturated carbocycles. The van der Waals surface area contributed by atoms with Gasteiger partial charge in [0, 0.05) is 12.1 Å². The van der Waals surface area contributed by atoms with Gasteiger partial charge in [-0.05, 0) is 173 Å². The van der Waals surface area contributed by atoms with E-state index in [0.29, 0.717) is 35.8 Å². The number of ether oxygens (including phenoxy) is 6. The minimum atomic E-state index is -0.560. The first kappa shape index (κ1) is 67.7. The number of allylic oxidation sites excluding steroid dienone is 2. The number of esters is 2. The van der Waals surface area contributed by atoms with E-state index in [1.54, 1.807) is 60.7 Å². The number of hydrogen-bond acceptors (Lipinski definition) is 10. The standard InChI is InChI=1S/C76H98N2O8/c1-7-11-15-19-21-23-25-27-31-55-81-67-47-43-63(44-48-67)61-35-39-65(40-36-61)75(79)85-73-53-51-69(83-59(5)33-29-17-13-9-3)57-71(73)77-78-72-58-70(84-60(6)34-30-18-14-10-4)52-54-74(72)86-76(80)66-41-37-62(38-42-66)64-45-49-68(50-46-64)82-56-32-28-26-24-22-20-16-12-8-2/h7-8,35-54,57-60H,1-2,9-34,55-56H2,3-6H3/t59-,60-/m0/s1. The lowest BCUT2D eigenvalue weighted by Gasteiger charge is -2.16. The largest absolute Gasteiger partial charge is 0.494 e. The normalized spacial score (nSPS) is 11.9. The van der Waals surface area contributed by atoms with Crippen LogP contribution in [0.15, 0.2) is 169 Å². The van der Waals surface area contributed by atoms with Gasteiger partial charge < -0.3 is 28.4 Å². The second-order valence-electron chi connectivity index (χ2n) is 22.8. The SMILES string of the molecule is C=CCCCCCCCCCOc1ccc(-c2ccc(C(=O)Oc3ccc(O[C@@H](C)CCCCCC)cc3N=Nc3cc(O[C@@H](C)CCCCCC)ccc3OC(=O)c3ccc(-c4ccc(OCCCCCCCCCC=C)cc4)cc3)cc2)cc1. The number of rotatable bonds is 44. The van der Waals surface area contributed by atoms with Gasteiger partial charge in [-0.2, -0.15) is 0 Å². The van der Waals surface area contributed by atoms with Gasteiger partial charge in [-0.3, -0.25) is 0 Å². The van der Waals surface area contributed by atoms with Crippen molar-refractivity contribution in [3.8, 4) is 56.8 Å². The Bertz CT molecular complexity index is 2720. The van der Waals surface area contributed by atoms with Gasteiger partial charge in [-0.1, -0.05) is 177 Å². The maximum absolute atomic E-state index is 14.0. The van der Waals surface area contributed by atoms with E-state index < -0.39 is 11.9 Å². The summed E-state index contributed by atoms with van der Waals surface area (Å²) in [5.41, 5.74) is 5.16. The summed E-state index contributed by atoms with van der Waals surface area (Å²) in [6, 6.07) is 41.2. The fourth-order valence-electron chi connectivity index (χ4n) is 10.2. The number of carbonyl (C=O) groups excluding carboxylic acids is 2. The van der Waals surface area contributed by atoms with E-state index in [2.05, 4.69) is 40.9 Å². The van der Waals surface area contributed by atoms with E-state index >= 15 is 0 Å². The zero-order valence-corrected chi connectivity index (χ0v) is 52.4. The molecule has 10 nitrogen and oxygen atoms in total. The summed E-state index contributed by atoms with van der Waals surface area (Å²) in [5, 5.41) is 9.41. The monoisotopic (exact) mass is 1170 g/mol. The van der Waals surface area contributed by atoms with Crippen molar-refractivity contribution in [3.05, 3.63) is 170 Å². The summed E-state index contributed by atoms with van der Waals surface area (Å²) in [6.07, 6.45) is 34.0. The highest BCUT2D eigenvalue weighted by Gasteiger charge is 2.18. The van der Waals surface area contributed by atoms with Gasteiger partial charge in [0.05, 0.1) is 36.5 Å². The molecule has 0 unspecified atom stereocenters. The Kier molecular flexibility index (Phi) is 31.5. The molecule has 0 amide bonds. The van der Waals surface area contributed by atoms with Crippen molar-refractivity contribution in [2.24, 2.45) is 10.2 Å². The average molecular weight is 1170 g/mol. The summed E-state index contributed by atoms with van der Waals surface area (Å²) >= 11 is 0. The highest BCUT2D eigenvalue weighted by molar-refractivity contribution is 5.93. The first-order valence-electron chi connectivity index (χ1n) is 32.5. The summed E-state index contributed by atoms with van der Waals surface area (Å²) in [5.74, 6) is 2.04. The third-order valence-electron chi connectivity index (χ3n) is 15.4. The first-order chi connectivity index (χ1) is 42.2. The first-order valence-corrected chi connectivity index (χ1v) is 32.5. The average Bonchev–Trinajstić information content (AvgIpc) is 3.72. The fraction of sp³-hybridized carbons (Fsp3) is 0.447. The molecule has 0 aromatic heterocycles. The molecule has 460 valence electrons. The van der Waals surface area contributed by atoms with Crippen LogP contribution in [-0.2, 0) is 0 Å². The van der Waals surface area contributed by atoms with Gasteiger partial charge >= 0.3 is 11.9 Å². The molecule has 2 atom stereocenters. The minimum absolute atomic E-state index is 0.0647. The molecule has 0 spiro atoms. The molecule has 0 fully saturated rings. The second-order valence-corrected chi connectivity index (χ2v) is 22.8. The van der Waals surface area contributed by atoms with Crippen LogP contribution in [0.2, 0.25) is 0 Å². The third-order valence-corrected chi connectivity index (χ3v) is 15.4. The number of unbranched alkanes of at least 4 members (excludes halogenated alkanes) is 20. The molecular weight excluding hydrogens is 1070 g/mol. The Hall–Kier alpha value is -7.46. The van der Waals surface area contributed by atoms with Crippen molar-refractivity contribution in [1.82, 2.24) is 0 Å². The number of azo groups is 1. The van der Waals surface area contributed by atoms with Crippen LogP contribution in [0.5, 0.6) is 34.5 Å². The topological polar surface area (TPSA) is 114 Å². The third kappa shape index (κ3) is 25.2. The predicted molar refractivity (Wildman–Crippen MR) is 354 cm³/mol. The van der Waals surface area contributed by atoms with E-state index in [1.165, 1.54) is 89.9 Å². The molecule has 10 heteroatoms. The Morgan fingerprint density at radius 2 is 0.709 bits per heavy atom. The van der Waals surface area contributed by atoms with E-state index in [0.717, 1.165) is 111 Å². The molecule has 0 radical (unpaired) electrons. The lowest BCUT2D eigenvalue weighted by molar-refractivity contribution is 0.0725. The number of nitrogens with zero attached hydrogens (tertiary/aromatic N) is 2. The molecule has 0 aliphatic heterocycles. The second kappa shape index (κ2) is 40.0. The van der Waals surface area contributed by atoms with Crippen LogP contribution in [0.4, 0.5) is 11.4 Å². The predicted octanol–water partition coefficient (Wildman–Crippen LogP) is 22.7. The van der Waals surface area contributed by atoms with E-state index in [-0.39, 0.29) is 35.1 Å².